The lowest BCUT2D eigenvalue weighted by Gasteiger charge is -2.26. The van der Waals surface area contributed by atoms with E-state index in [-0.39, 0.29) is 11.1 Å². The Morgan fingerprint density at radius 1 is 0.870 bits per heavy atom. The third-order valence-corrected chi connectivity index (χ3v) is 4.37. The molecule has 0 bridgehead atoms. The molecular formula is C16H13O6P. The zero-order chi connectivity index (χ0) is 16.7. The minimum Gasteiger partial charge on any atom is -0.303 e. The summed E-state index contributed by atoms with van der Waals surface area (Å²) in [6.07, 6.45) is 0. The minimum absolute atomic E-state index is 0.232. The Balaban J connectivity index is 2.17. The molecule has 2 aromatic rings. The summed E-state index contributed by atoms with van der Waals surface area (Å²) in [7, 11) is -4.83. The number of phosphoric acid groups is 1. The van der Waals surface area contributed by atoms with E-state index >= 15 is 0 Å². The highest BCUT2D eigenvalue weighted by molar-refractivity contribution is 7.46. The van der Waals surface area contributed by atoms with Crippen LogP contribution in [0, 0.1) is 0 Å². The summed E-state index contributed by atoms with van der Waals surface area (Å²) in [4.78, 5) is 43.8. The van der Waals surface area contributed by atoms with Gasteiger partial charge < -0.3 is 9.79 Å². The van der Waals surface area contributed by atoms with E-state index in [0.717, 1.165) is 0 Å². The summed E-state index contributed by atoms with van der Waals surface area (Å²) in [5, 5.41) is 0. The lowest BCUT2D eigenvalue weighted by Crippen LogP contribution is -2.42. The standard InChI is InChI=1S/C16H13O6P/c17-14-12-8-4-5-9-13(12)15(18)16(14,10-22-23(19,20)21)11-6-2-1-3-7-11/h1-9H,10H2,(H2,19,20,21). The van der Waals surface area contributed by atoms with Gasteiger partial charge in [-0.1, -0.05) is 54.6 Å². The second-order valence-corrected chi connectivity index (χ2v) is 6.48. The van der Waals surface area contributed by atoms with E-state index in [4.69, 9.17) is 9.79 Å². The molecule has 7 heteroatoms. The number of rotatable bonds is 4. The van der Waals surface area contributed by atoms with Crippen LogP contribution in [0.1, 0.15) is 26.3 Å². The van der Waals surface area contributed by atoms with Crippen molar-refractivity contribution in [3.05, 3.63) is 71.3 Å². The second-order valence-electron chi connectivity index (χ2n) is 5.24. The molecular weight excluding hydrogens is 319 g/mol. The Bertz CT molecular complexity index is 788. The highest BCUT2D eigenvalue weighted by Gasteiger charge is 2.55. The summed E-state index contributed by atoms with van der Waals surface area (Å²) < 4.78 is 15.7. The normalized spacial score (nSPS) is 16.4. The van der Waals surface area contributed by atoms with Crippen LogP contribution in [-0.2, 0) is 14.5 Å². The van der Waals surface area contributed by atoms with Crippen molar-refractivity contribution in [2.45, 2.75) is 5.41 Å². The molecule has 0 unspecified atom stereocenters. The smallest absolute Gasteiger partial charge is 0.303 e. The zero-order valence-corrected chi connectivity index (χ0v) is 12.8. The molecule has 0 aliphatic heterocycles. The van der Waals surface area contributed by atoms with Gasteiger partial charge in [-0.3, -0.25) is 14.1 Å². The molecule has 23 heavy (non-hydrogen) atoms. The molecule has 2 N–H and O–H groups in total. The van der Waals surface area contributed by atoms with Gasteiger partial charge in [0.25, 0.3) is 0 Å². The Labute approximate surface area is 132 Å². The predicted octanol–water partition coefficient (Wildman–Crippen LogP) is 2.11. The van der Waals surface area contributed by atoms with E-state index in [9.17, 15) is 14.2 Å². The Morgan fingerprint density at radius 3 is 1.83 bits per heavy atom. The molecule has 0 atom stereocenters. The summed E-state index contributed by atoms with van der Waals surface area (Å²) >= 11 is 0. The molecule has 6 nitrogen and oxygen atoms in total. The number of Topliss-reactive ketones (excluding diaryl/α,β-unsaturated/α-hetero) is 2. The van der Waals surface area contributed by atoms with Crippen molar-refractivity contribution in [3.63, 3.8) is 0 Å². The lowest BCUT2D eigenvalue weighted by molar-refractivity contribution is 0.0703. The monoisotopic (exact) mass is 332 g/mol. The number of carbonyl (C=O) groups excluding carboxylic acids is 2. The van der Waals surface area contributed by atoms with Crippen LogP contribution in [0.3, 0.4) is 0 Å². The van der Waals surface area contributed by atoms with E-state index in [1.54, 1.807) is 42.5 Å². The average Bonchev–Trinajstić information content (AvgIpc) is 2.75. The molecule has 1 aliphatic rings. The fraction of sp³-hybridized carbons (Fsp3) is 0.125. The van der Waals surface area contributed by atoms with Gasteiger partial charge >= 0.3 is 7.82 Å². The van der Waals surface area contributed by atoms with Crippen LogP contribution in [-0.4, -0.2) is 28.0 Å². The van der Waals surface area contributed by atoms with Crippen molar-refractivity contribution in [1.29, 1.82) is 0 Å². The predicted molar refractivity (Wildman–Crippen MR) is 81.2 cm³/mol. The minimum atomic E-state index is -4.83. The number of hydrogen-bond donors (Lipinski definition) is 2. The number of benzene rings is 2. The van der Waals surface area contributed by atoms with Gasteiger partial charge in [0, 0.05) is 11.1 Å². The van der Waals surface area contributed by atoms with Crippen LogP contribution in [0.4, 0.5) is 0 Å². The fourth-order valence-electron chi connectivity index (χ4n) is 2.82. The molecule has 118 valence electrons. The van der Waals surface area contributed by atoms with Gasteiger partial charge in [-0.05, 0) is 5.56 Å². The first-order valence-electron chi connectivity index (χ1n) is 6.80. The van der Waals surface area contributed by atoms with Crippen LogP contribution >= 0.6 is 7.82 Å². The van der Waals surface area contributed by atoms with Crippen molar-refractivity contribution < 1.29 is 28.5 Å². The van der Waals surface area contributed by atoms with Crippen LogP contribution in [0.25, 0.3) is 0 Å². The molecule has 3 rings (SSSR count). The maximum Gasteiger partial charge on any atom is 0.469 e. The van der Waals surface area contributed by atoms with Gasteiger partial charge in [-0.2, -0.15) is 0 Å². The number of phosphoric ester groups is 1. The van der Waals surface area contributed by atoms with E-state index in [2.05, 4.69) is 4.52 Å². The first-order valence-corrected chi connectivity index (χ1v) is 8.33. The highest BCUT2D eigenvalue weighted by atomic mass is 31.2. The molecule has 0 heterocycles. The van der Waals surface area contributed by atoms with E-state index < -0.39 is 31.4 Å². The average molecular weight is 332 g/mol. The van der Waals surface area contributed by atoms with Crippen molar-refractivity contribution >= 4 is 19.4 Å². The molecule has 0 spiro atoms. The first-order chi connectivity index (χ1) is 10.9. The van der Waals surface area contributed by atoms with Gasteiger partial charge in [0.15, 0.2) is 11.6 Å². The van der Waals surface area contributed by atoms with Crippen LogP contribution in [0.5, 0.6) is 0 Å². The van der Waals surface area contributed by atoms with Crippen molar-refractivity contribution in [2.75, 3.05) is 6.61 Å². The molecule has 0 fully saturated rings. The largest absolute Gasteiger partial charge is 0.469 e. The number of hydrogen-bond acceptors (Lipinski definition) is 4. The fourth-order valence-corrected chi connectivity index (χ4v) is 3.18. The van der Waals surface area contributed by atoms with Crippen molar-refractivity contribution in [3.8, 4) is 0 Å². The number of fused-ring (bicyclic) bond motifs is 1. The van der Waals surface area contributed by atoms with Gasteiger partial charge in [-0.15, -0.1) is 0 Å². The van der Waals surface area contributed by atoms with Crippen molar-refractivity contribution in [1.82, 2.24) is 0 Å². The Morgan fingerprint density at radius 2 is 1.35 bits per heavy atom. The SMILES string of the molecule is O=C1c2ccccc2C(=O)C1(COP(=O)(O)O)c1ccccc1. The lowest BCUT2D eigenvalue weighted by atomic mass is 9.77. The van der Waals surface area contributed by atoms with Gasteiger partial charge in [0.2, 0.25) is 0 Å². The Kier molecular flexibility index (Phi) is 3.78. The van der Waals surface area contributed by atoms with Crippen LogP contribution in [0.15, 0.2) is 54.6 Å². The third-order valence-electron chi connectivity index (χ3n) is 3.91. The van der Waals surface area contributed by atoms with Gasteiger partial charge in [0.1, 0.15) is 5.41 Å². The second kappa shape index (κ2) is 5.51. The summed E-state index contributed by atoms with van der Waals surface area (Å²) in [5.41, 5.74) is -0.961. The van der Waals surface area contributed by atoms with Crippen molar-refractivity contribution in [2.24, 2.45) is 0 Å². The molecule has 0 radical (unpaired) electrons. The molecule has 0 aromatic heterocycles. The highest BCUT2D eigenvalue weighted by Crippen LogP contribution is 2.44. The third kappa shape index (κ3) is 2.56. The maximum atomic E-state index is 12.9. The maximum absolute atomic E-state index is 12.9. The molecule has 0 saturated heterocycles. The van der Waals surface area contributed by atoms with Crippen LogP contribution < -0.4 is 0 Å². The quantitative estimate of drug-likeness (QED) is 0.657. The summed E-state index contributed by atoms with van der Waals surface area (Å²) in [6, 6.07) is 14.5. The van der Waals surface area contributed by atoms with Gasteiger partial charge in [-0.25, -0.2) is 4.57 Å². The van der Waals surface area contributed by atoms with E-state index in [1.807, 2.05) is 0 Å². The summed E-state index contributed by atoms with van der Waals surface area (Å²) in [5.74, 6) is -1.03. The van der Waals surface area contributed by atoms with E-state index in [0.29, 0.717) is 5.56 Å². The van der Waals surface area contributed by atoms with Gasteiger partial charge in [0.05, 0.1) is 6.61 Å². The molecule has 0 saturated carbocycles. The van der Waals surface area contributed by atoms with Crippen LogP contribution in [0.2, 0.25) is 0 Å². The topological polar surface area (TPSA) is 101 Å². The zero-order valence-electron chi connectivity index (χ0n) is 11.9. The number of carbonyl (C=O) groups is 2. The molecule has 0 amide bonds. The Hall–Kier alpha value is -2.11. The molecule has 2 aromatic carbocycles. The van der Waals surface area contributed by atoms with E-state index in [1.165, 1.54) is 12.1 Å². The first kappa shape index (κ1) is 15.8. The summed E-state index contributed by atoms with van der Waals surface area (Å²) in [6.45, 7) is -0.715. The number of ketones is 2. The molecule has 1 aliphatic carbocycles.